The molecule has 0 aliphatic rings. The van der Waals surface area contributed by atoms with Gasteiger partial charge in [0.25, 0.3) is 0 Å². The summed E-state index contributed by atoms with van der Waals surface area (Å²) in [5.41, 5.74) is 2.10. The van der Waals surface area contributed by atoms with Crippen molar-refractivity contribution in [2.75, 3.05) is 0 Å². The van der Waals surface area contributed by atoms with Crippen molar-refractivity contribution in [3.05, 3.63) is 59.7 Å². The van der Waals surface area contributed by atoms with Gasteiger partial charge in [-0.05, 0) is 43.0 Å². The Morgan fingerprint density at radius 3 is 2.72 bits per heavy atom. The van der Waals surface area contributed by atoms with Crippen molar-refractivity contribution in [1.82, 2.24) is 9.97 Å². The summed E-state index contributed by atoms with van der Waals surface area (Å²) in [5.74, 6) is -0.917. The van der Waals surface area contributed by atoms with Gasteiger partial charge in [0.1, 0.15) is 0 Å². The lowest BCUT2D eigenvalue weighted by atomic mass is 10.1. The van der Waals surface area contributed by atoms with Gasteiger partial charge in [-0.2, -0.15) is 0 Å². The Kier molecular flexibility index (Phi) is 4.02. The Hall–Kier alpha value is -2.23. The molecule has 4 heteroatoms. The molecule has 4 nitrogen and oxygen atoms in total. The molecule has 0 saturated heterocycles. The quantitative estimate of drug-likeness (QED) is 0.874. The number of hydrogen-bond acceptors (Lipinski definition) is 3. The molecule has 92 valence electrons. The van der Waals surface area contributed by atoms with E-state index in [0.29, 0.717) is 17.7 Å². The van der Waals surface area contributed by atoms with Crippen molar-refractivity contribution in [2.24, 2.45) is 0 Å². The van der Waals surface area contributed by atoms with E-state index in [4.69, 9.17) is 5.11 Å². The van der Waals surface area contributed by atoms with E-state index in [1.807, 2.05) is 18.3 Å². The van der Waals surface area contributed by atoms with Crippen LogP contribution >= 0.6 is 0 Å². The van der Waals surface area contributed by atoms with Crippen LogP contribution in [-0.2, 0) is 12.8 Å². The Morgan fingerprint density at radius 1 is 1.17 bits per heavy atom. The van der Waals surface area contributed by atoms with Gasteiger partial charge in [-0.25, -0.2) is 4.79 Å². The first-order valence-electron chi connectivity index (χ1n) is 5.83. The summed E-state index contributed by atoms with van der Waals surface area (Å²) in [6, 6.07) is 7.16. The number of hydrogen-bond donors (Lipinski definition) is 1. The van der Waals surface area contributed by atoms with Crippen LogP contribution in [0.25, 0.3) is 0 Å². The van der Waals surface area contributed by atoms with Crippen molar-refractivity contribution in [3.8, 4) is 0 Å². The maximum absolute atomic E-state index is 11.0. The average molecular weight is 242 g/mol. The first kappa shape index (κ1) is 12.2. The van der Waals surface area contributed by atoms with Gasteiger partial charge in [-0.15, -0.1) is 0 Å². The molecule has 0 spiro atoms. The molecule has 0 atom stereocenters. The van der Waals surface area contributed by atoms with Gasteiger partial charge >= 0.3 is 5.97 Å². The fourth-order valence-electron chi connectivity index (χ4n) is 1.84. The second-order valence-electron chi connectivity index (χ2n) is 4.02. The van der Waals surface area contributed by atoms with Crippen LogP contribution in [0.2, 0.25) is 0 Å². The fourth-order valence-corrected chi connectivity index (χ4v) is 1.84. The topological polar surface area (TPSA) is 63.1 Å². The number of carboxylic acid groups (broad SMARTS) is 1. The number of aromatic nitrogens is 2. The predicted molar refractivity (Wildman–Crippen MR) is 67.5 cm³/mol. The number of carbonyl (C=O) groups is 1. The third kappa shape index (κ3) is 3.13. The minimum Gasteiger partial charge on any atom is -0.478 e. The van der Waals surface area contributed by atoms with E-state index in [9.17, 15) is 4.79 Å². The summed E-state index contributed by atoms with van der Waals surface area (Å²) in [4.78, 5) is 19.2. The minimum absolute atomic E-state index is 0.295. The van der Waals surface area contributed by atoms with Crippen molar-refractivity contribution < 1.29 is 9.90 Å². The first-order chi connectivity index (χ1) is 8.77. The lowest BCUT2D eigenvalue weighted by molar-refractivity contribution is 0.0695. The van der Waals surface area contributed by atoms with Crippen LogP contribution in [0.1, 0.15) is 28.0 Å². The van der Waals surface area contributed by atoms with E-state index in [-0.39, 0.29) is 0 Å². The van der Waals surface area contributed by atoms with Gasteiger partial charge < -0.3 is 5.11 Å². The van der Waals surface area contributed by atoms with E-state index in [0.717, 1.165) is 18.4 Å². The number of pyridine rings is 2. The monoisotopic (exact) mass is 242 g/mol. The zero-order valence-corrected chi connectivity index (χ0v) is 9.91. The Morgan fingerprint density at radius 2 is 2.00 bits per heavy atom. The molecule has 2 rings (SSSR count). The van der Waals surface area contributed by atoms with Crippen LogP contribution in [0.5, 0.6) is 0 Å². The molecule has 0 aliphatic heterocycles. The molecule has 0 bridgehead atoms. The number of carboxylic acids is 1. The van der Waals surface area contributed by atoms with E-state index in [1.54, 1.807) is 24.5 Å². The summed E-state index contributed by atoms with van der Waals surface area (Å²) in [5, 5.41) is 9.03. The third-order valence-electron chi connectivity index (χ3n) is 2.72. The summed E-state index contributed by atoms with van der Waals surface area (Å²) in [7, 11) is 0. The smallest absolute Gasteiger partial charge is 0.337 e. The number of aromatic carboxylic acids is 1. The molecule has 2 aromatic heterocycles. The van der Waals surface area contributed by atoms with Crippen LogP contribution in [0, 0.1) is 0 Å². The molecule has 0 radical (unpaired) electrons. The molecule has 0 fully saturated rings. The highest BCUT2D eigenvalue weighted by atomic mass is 16.4. The highest BCUT2D eigenvalue weighted by Crippen LogP contribution is 2.10. The summed E-state index contributed by atoms with van der Waals surface area (Å²) < 4.78 is 0. The molecule has 2 aromatic rings. The second kappa shape index (κ2) is 5.91. The Bertz CT molecular complexity index is 526. The highest BCUT2D eigenvalue weighted by molar-refractivity contribution is 5.88. The largest absolute Gasteiger partial charge is 0.478 e. The molecule has 18 heavy (non-hydrogen) atoms. The van der Waals surface area contributed by atoms with Crippen LogP contribution < -0.4 is 0 Å². The van der Waals surface area contributed by atoms with Gasteiger partial charge in [0.05, 0.1) is 11.3 Å². The van der Waals surface area contributed by atoms with Gasteiger partial charge in [0.15, 0.2) is 0 Å². The summed E-state index contributed by atoms with van der Waals surface area (Å²) in [6.07, 6.45) is 7.61. The highest BCUT2D eigenvalue weighted by Gasteiger charge is 2.09. The summed E-state index contributed by atoms with van der Waals surface area (Å²) >= 11 is 0. The zero-order chi connectivity index (χ0) is 12.8. The van der Waals surface area contributed by atoms with Crippen molar-refractivity contribution in [3.63, 3.8) is 0 Å². The molecule has 0 unspecified atom stereocenters. The Balaban J connectivity index is 1.97. The lowest BCUT2D eigenvalue weighted by Gasteiger charge is -2.04. The van der Waals surface area contributed by atoms with Crippen LogP contribution in [0.15, 0.2) is 42.9 Å². The number of aryl methyl sites for hydroxylation is 2. The first-order valence-corrected chi connectivity index (χ1v) is 5.83. The van der Waals surface area contributed by atoms with Gasteiger partial charge in [0.2, 0.25) is 0 Å². The average Bonchev–Trinajstić information content (AvgIpc) is 2.40. The fraction of sp³-hybridized carbons (Fsp3) is 0.214. The van der Waals surface area contributed by atoms with Gasteiger partial charge in [-0.3, -0.25) is 9.97 Å². The molecule has 1 N–H and O–H groups in total. The van der Waals surface area contributed by atoms with E-state index in [1.165, 1.54) is 0 Å². The SMILES string of the molecule is O=C(O)c1cccnc1CCCc1cccnc1. The lowest BCUT2D eigenvalue weighted by Crippen LogP contribution is -2.05. The van der Waals surface area contributed by atoms with E-state index < -0.39 is 5.97 Å². The molecular formula is C14H14N2O2. The van der Waals surface area contributed by atoms with Gasteiger partial charge in [-0.1, -0.05) is 6.07 Å². The molecule has 2 heterocycles. The molecule has 0 saturated carbocycles. The van der Waals surface area contributed by atoms with E-state index in [2.05, 4.69) is 9.97 Å². The third-order valence-corrected chi connectivity index (χ3v) is 2.72. The minimum atomic E-state index is -0.917. The van der Waals surface area contributed by atoms with Crippen molar-refractivity contribution in [1.29, 1.82) is 0 Å². The summed E-state index contributed by atoms with van der Waals surface area (Å²) in [6.45, 7) is 0. The maximum atomic E-state index is 11.0. The van der Waals surface area contributed by atoms with Crippen LogP contribution in [0.3, 0.4) is 0 Å². The van der Waals surface area contributed by atoms with Crippen LogP contribution in [-0.4, -0.2) is 21.0 Å². The molecular weight excluding hydrogens is 228 g/mol. The Labute approximate surface area is 105 Å². The van der Waals surface area contributed by atoms with Crippen molar-refractivity contribution >= 4 is 5.97 Å². The molecule has 0 aliphatic carbocycles. The number of nitrogens with zero attached hydrogens (tertiary/aromatic N) is 2. The maximum Gasteiger partial charge on any atom is 0.337 e. The second-order valence-corrected chi connectivity index (χ2v) is 4.02. The molecule has 0 amide bonds. The van der Waals surface area contributed by atoms with Crippen molar-refractivity contribution in [2.45, 2.75) is 19.3 Å². The standard InChI is InChI=1S/C14H14N2O2/c17-14(18)12-6-3-9-16-13(12)7-1-4-11-5-2-8-15-10-11/h2-3,5-6,8-10H,1,4,7H2,(H,17,18). The number of rotatable bonds is 5. The predicted octanol–water partition coefficient (Wildman–Crippen LogP) is 2.35. The normalized spacial score (nSPS) is 10.2. The van der Waals surface area contributed by atoms with Crippen LogP contribution in [0.4, 0.5) is 0 Å². The van der Waals surface area contributed by atoms with Gasteiger partial charge in [0, 0.05) is 18.6 Å². The molecule has 0 aromatic carbocycles. The van der Waals surface area contributed by atoms with E-state index >= 15 is 0 Å². The zero-order valence-electron chi connectivity index (χ0n) is 9.91.